The van der Waals surface area contributed by atoms with Gasteiger partial charge in [0.05, 0.1) is 41.8 Å². The number of aromatic amines is 1. The van der Waals surface area contributed by atoms with Crippen molar-refractivity contribution >= 4 is 56.8 Å². The molecule has 2 saturated heterocycles. The van der Waals surface area contributed by atoms with E-state index in [0.717, 1.165) is 53.7 Å². The largest absolute Gasteiger partial charge is 0.496 e. The van der Waals surface area contributed by atoms with E-state index < -0.39 is 11.8 Å². The molecule has 1 aliphatic carbocycles. The molecular weight excluding hydrogens is 704 g/mol. The Hall–Kier alpha value is -5.83. The van der Waals surface area contributed by atoms with Gasteiger partial charge in [-0.05, 0) is 68.1 Å². The second-order valence-electron chi connectivity index (χ2n) is 14.6. The van der Waals surface area contributed by atoms with Crippen molar-refractivity contribution in [2.24, 2.45) is 5.92 Å². The van der Waals surface area contributed by atoms with E-state index in [4.69, 9.17) is 4.74 Å². The van der Waals surface area contributed by atoms with Crippen LogP contribution in [0.2, 0.25) is 0 Å². The Morgan fingerprint density at radius 2 is 1.87 bits per heavy atom. The van der Waals surface area contributed by atoms with Gasteiger partial charge in [0.1, 0.15) is 11.6 Å². The van der Waals surface area contributed by atoms with Gasteiger partial charge in [-0.25, -0.2) is 14.2 Å². The molecule has 4 amide bonds. The van der Waals surface area contributed by atoms with Crippen LogP contribution < -0.4 is 20.3 Å². The predicted octanol–water partition coefficient (Wildman–Crippen LogP) is 7.19. The number of imidazole rings is 1. The lowest BCUT2D eigenvalue weighted by molar-refractivity contribution is -0.120. The van der Waals surface area contributed by atoms with E-state index >= 15 is 0 Å². The highest BCUT2D eigenvalue weighted by atomic mass is 19.1. The molecule has 0 unspecified atom stereocenters. The highest BCUT2D eigenvalue weighted by Gasteiger charge is 2.30. The molecular formula is C40H49FN10O4. The minimum absolute atomic E-state index is 0. The lowest BCUT2D eigenvalue weighted by atomic mass is 9.87. The number of aromatic nitrogens is 6. The van der Waals surface area contributed by atoms with Crippen molar-refractivity contribution in [2.45, 2.75) is 63.8 Å². The number of rotatable bonds is 8. The summed E-state index contributed by atoms with van der Waals surface area (Å²) in [5.41, 5.74) is 3.09. The minimum atomic E-state index is -0.549. The van der Waals surface area contributed by atoms with Crippen molar-refractivity contribution in [2.75, 3.05) is 43.5 Å². The van der Waals surface area contributed by atoms with Crippen molar-refractivity contribution in [3.63, 3.8) is 0 Å². The summed E-state index contributed by atoms with van der Waals surface area (Å²) in [6, 6.07) is 12.1. The fraction of sp³-hybridized carbons (Fsp3) is 0.400. The van der Waals surface area contributed by atoms with Crippen LogP contribution in [0.15, 0.2) is 67.3 Å². The number of H-pyrrole nitrogens is 1. The Bertz CT molecular complexity index is 2350. The zero-order valence-corrected chi connectivity index (χ0v) is 30.8. The molecule has 4 aromatic heterocycles. The van der Waals surface area contributed by atoms with Crippen LogP contribution in [0.4, 0.5) is 20.7 Å². The molecule has 6 heterocycles. The smallest absolute Gasteiger partial charge is 0.328 e. The number of urea groups is 1. The first-order chi connectivity index (χ1) is 26.9. The summed E-state index contributed by atoms with van der Waals surface area (Å²) < 4.78 is 23.9. The molecule has 6 aromatic rings. The fourth-order valence-electron chi connectivity index (χ4n) is 8.24. The van der Waals surface area contributed by atoms with Crippen LogP contribution in [0.5, 0.6) is 5.75 Å². The molecule has 15 heteroatoms. The number of nitrogens with zero attached hydrogens (tertiary/aromatic N) is 7. The van der Waals surface area contributed by atoms with E-state index in [0.29, 0.717) is 28.8 Å². The quantitative estimate of drug-likeness (QED) is 0.148. The van der Waals surface area contributed by atoms with Crippen LogP contribution in [0.1, 0.15) is 77.0 Å². The number of carbonyl (C=O) groups excluding carboxylic acids is 3. The molecule has 3 N–H and O–H groups in total. The Morgan fingerprint density at radius 3 is 2.67 bits per heavy atom. The van der Waals surface area contributed by atoms with Gasteiger partial charge >= 0.3 is 6.03 Å². The summed E-state index contributed by atoms with van der Waals surface area (Å²) in [6.07, 6.45) is 17.6. The maximum absolute atomic E-state index is 14.8. The first-order valence-corrected chi connectivity index (χ1v) is 19.1. The number of piperidine rings is 1. The average Bonchev–Trinajstić information content (AvgIpc) is 3.97. The van der Waals surface area contributed by atoms with Crippen molar-refractivity contribution in [1.82, 2.24) is 39.6 Å². The second-order valence-corrected chi connectivity index (χ2v) is 14.6. The van der Waals surface area contributed by atoms with Gasteiger partial charge < -0.3 is 19.5 Å². The van der Waals surface area contributed by atoms with Gasteiger partial charge in [0.15, 0.2) is 11.5 Å². The summed E-state index contributed by atoms with van der Waals surface area (Å²) in [7, 11) is 1.52. The molecule has 3 fully saturated rings. The number of halogens is 1. The topological polar surface area (TPSA) is 155 Å². The first-order valence-electron chi connectivity index (χ1n) is 19.1. The summed E-state index contributed by atoms with van der Waals surface area (Å²) in [6.45, 7) is 3.61. The van der Waals surface area contributed by atoms with Crippen LogP contribution in [-0.2, 0) is 4.79 Å². The standard InChI is InChI=1S/C25H33FN4O2.C15H12N6O2.2H2/c26-21-6-7-22-20(24(21)30-17-12-23(31)27-25(30)32)11-16-29(22)19-9-14-28(15-10-19)13-8-18-4-2-1-3-5-18;1-23-12-6-11-9(7-17-20-11)5-10(12)15(22)19-14-8-16-13-3-2-4-18-21(13)14;;/h6-7,11,16,18-19H,1-5,8-10,12-15,17H2,(H,27,31,32);2-8H,1H3,(H,17,20)(H,19,22);2*1H. The number of hydrogen-bond acceptors (Lipinski definition) is 8. The molecule has 1 saturated carbocycles. The van der Waals surface area contributed by atoms with Gasteiger partial charge in [-0.2, -0.15) is 14.7 Å². The van der Waals surface area contributed by atoms with Crippen molar-refractivity contribution in [3.05, 3.63) is 78.6 Å². The van der Waals surface area contributed by atoms with Gasteiger partial charge in [0, 0.05) is 64.2 Å². The van der Waals surface area contributed by atoms with Crippen LogP contribution in [0.3, 0.4) is 0 Å². The third-order valence-corrected chi connectivity index (χ3v) is 11.2. The van der Waals surface area contributed by atoms with Gasteiger partial charge in [-0.1, -0.05) is 32.1 Å². The summed E-state index contributed by atoms with van der Waals surface area (Å²) in [4.78, 5) is 44.6. The number of carbonyl (C=O) groups is 3. The summed E-state index contributed by atoms with van der Waals surface area (Å²) in [5.74, 6) is 0.813. The lowest BCUT2D eigenvalue weighted by Crippen LogP contribution is -2.50. The maximum atomic E-state index is 14.8. The molecule has 0 radical (unpaired) electrons. The monoisotopic (exact) mass is 752 g/mol. The molecule has 2 aliphatic heterocycles. The molecule has 290 valence electrons. The Balaban J connectivity index is 0.000000195. The van der Waals surface area contributed by atoms with Gasteiger partial charge in [-0.3, -0.25) is 24.9 Å². The van der Waals surface area contributed by atoms with Crippen LogP contribution in [-0.4, -0.2) is 85.4 Å². The fourth-order valence-corrected chi connectivity index (χ4v) is 8.24. The molecule has 0 bridgehead atoms. The molecule has 14 nitrogen and oxygen atoms in total. The highest BCUT2D eigenvalue weighted by molar-refractivity contribution is 6.10. The molecule has 3 aliphatic rings. The number of imide groups is 1. The van der Waals surface area contributed by atoms with E-state index in [-0.39, 0.29) is 33.3 Å². The number of hydrogen-bond donors (Lipinski definition) is 3. The van der Waals surface area contributed by atoms with Gasteiger partial charge in [0.25, 0.3) is 5.91 Å². The third-order valence-electron chi connectivity index (χ3n) is 11.2. The number of likely N-dealkylation sites (tertiary alicyclic amines) is 1. The average molecular weight is 753 g/mol. The SMILES string of the molecule is COc1cc2[nH]ncc2cc1C(=O)Nc1cnc2cccnn12.O=C1CCN(c2c(F)ccc3c2ccn3C2CCN(CCC3CCCCC3)CC2)C(=O)N1.[HH].[HH]. The van der Waals surface area contributed by atoms with E-state index in [9.17, 15) is 18.8 Å². The van der Waals surface area contributed by atoms with Crippen molar-refractivity contribution < 1.29 is 26.4 Å². The minimum Gasteiger partial charge on any atom is -0.496 e. The Morgan fingerprint density at radius 1 is 1.04 bits per heavy atom. The van der Waals surface area contributed by atoms with Gasteiger partial charge in [0.2, 0.25) is 5.91 Å². The van der Waals surface area contributed by atoms with E-state index in [1.807, 2.05) is 18.3 Å². The predicted molar refractivity (Wildman–Crippen MR) is 211 cm³/mol. The number of amides is 4. The van der Waals surface area contributed by atoms with E-state index in [1.54, 1.807) is 47.4 Å². The molecule has 55 heavy (non-hydrogen) atoms. The molecule has 2 aromatic carbocycles. The van der Waals surface area contributed by atoms with Crippen LogP contribution in [0, 0.1) is 11.7 Å². The van der Waals surface area contributed by atoms with Gasteiger partial charge in [-0.15, -0.1) is 0 Å². The zero-order chi connectivity index (χ0) is 37.9. The molecule has 0 spiro atoms. The first kappa shape index (κ1) is 36.2. The third kappa shape index (κ3) is 7.61. The van der Waals surface area contributed by atoms with Crippen molar-refractivity contribution in [1.29, 1.82) is 0 Å². The lowest BCUT2D eigenvalue weighted by Gasteiger charge is -2.34. The Labute approximate surface area is 320 Å². The zero-order valence-electron chi connectivity index (χ0n) is 30.8. The number of ether oxygens (including phenoxy) is 1. The number of methoxy groups -OCH3 is 1. The summed E-state index contributed by atoms with van der Waals surface area (Å²) >= 11 is 0. The Kier molecular flexibility index (Phi) is 10.4. The normalized spacial score (nSPS) is 17.4. The van der Waals surface area contributed by atoms with Crippen molar-refractivity contribution in [3.8, 4) is 5.75 Å². The van der Waals surface area contributed by atoms with E-state index in [1.165, 1.54) is 63.1 Å². The highest BCUT2D eigenvalue weighted by Crippen LogP contribution is 2.36. The van der Waals surface area contributed by atoms with Crippen LogP contribution in [0.25, 0.3) is 27.5 Å². The number of benzene rings is 2. The van der Waals surface area contributed by atoms with Crippen LogP contribution >= 0.6 is 0 Å². The molecule has 9 rings (SSSR count). The second kappa shape index (κ2) is 15.9. The molecule has 0 atom stereocenters. The van der Waals surface area contributed by atoms with E-state index in [2.05, 4.69) is 40.4 Å². The summed E-state index contributed by atoms with van der Waals surface area (Å²) in [5, 5.41) is 17.6. The number of anilines is 2. The number of nitrogens with one attached hydrogen (secondary N) is 3. The number of fused-ring (bicyclic) bond motifs is 3. The maximum Gasteiger partial charge on any atom is 0.328 e.